The Kier molecular flexibility index (Phi) is 8.55. The van der Waals surface area contributed by atoms with Crippen molar-refractivity contribution in [3.63, 3.8) is 0 Å². The number of hydrogen-bond acceptors (Lipinski definition) is 5. The van der Waals surface area contributed by atoms with Crippen molar-refractivity contribution >= 4 is 18.0 Å². The fraction of sp³-hybridized carbons (Fsp3) is 0.560. The largest absolute Gasteiger partial charge is 0.463 e. The van der Waals surface area contributed by atoms with E-state index in [9.17, 15) is 14.4 Å². The van der Waals surface area contributed by atoms with Gasteiger partial charge in [-0.15, -0.1) is 0 Å². The minimum Gasteiger partial charge on any atom is -0.463 e. The van der Waals surface area contributed by atoms with Crippen LogP contribution >= 0.6 is 0 Å². The van der Waals surface area contributed by atoms with E-state index in [1.54, 1.807) is 14.0 Å². The molecule has 0 radical (unpaired) electrons. The molecule has 2 aliphatic rings. The van der Waals surface area contributed by atoms with Crippen LogP contribution in [0.5, 0.6) is 0 Å². The van der Waals surface area contributed by atoms with E-state index in [-0.39, 0.29) is 24.7 Å². The summed E-state index contributed by atoms with van der Waals surface area (Å²) in [5.41, 5.74) is 3.01. The summed E-state index contributed by atoms with van der Waals surface area (Å²) in [6.07, 6.45) is 0.890. The van der Waals surface area contributed by atoms with Gasteiger partial charge in [0, 0.05) is 51.5 Å². The fourth-order valence-corrected chi connectivity index (χ4v) is 4.43. The Morgan fingerprint density at radius 3 is 2.50 bits per heavy atom. The van der Waals surface area contributed by atoms with Crippen molar-refractivity contribution in [2.24, 2.45) is 0 Å². The van der Waals surface area contributed by atoms with Crippen LogP contribution in [0.2, 0.25) is 0 Å². The quantitative estimate of drug-likeness (QED) is 0.597. The molecule has 0 aromatic heterocycles. The van der Waals surface area contributed by atoms with Gasteiger partial charge in [-0.25, -0.2) is 14.4 Å². The number of hydrogen-bond donors (Lipinski definition) is 2. The Morgan fingerprint density at radius 1 is 1.18 bits per heavy atom. The molecular weight excluding hydrogens is 434 g/mol. The molecule has 2 N–H and O–H groups in total. The number of piperazine rings is 1. The van der Waals surface area contributed by atoms with E-state index < -0.39 is 12.0 Å². The molecule has 1 aromatic rings. The molecule has 9 nitrogen and oxygen atoms in total. The van der Waals surface area contributed by atoms with Gasteiger partial charge in [0.1, 0.15) is 0 Å². The molecule has 0 spiro atoms. The lowest BCUT2D eigenvalue weighted by atomic mass is 9.93. The summed E-state index contributed by atoms with van der Waals surface area (Å²) < 4.78 is 5.41. The molecule has 2 atom stereocenters. The first kappa shape index (κ1) is 25.6. The number of urea groups is 2. The molecule has 2 heterocycles. The number of benzene rings is 1. The molecule has 0 aliphatic carbocycles. The number of nitrogens with one attached hydrogen (secondary N) is 2. The van der Waals surface area contributed by atoms with Gasteiger partial charge in [-0.2, -0.15) is 0 Å². The second-order valence-electron chi connectivity index (χ2n) is 8.94. The molecule has 1 aromatic carbocycles. The highest BCUT2D eigenvalue weighted by Crippen LogP contribution is 2.32. The SMILES string of the molecule is CCCNC(=O)N1CCN(CC2=C(C(=O)OCC)[C@H](c3ccc(C)cc3)NC(=O)N2C)C[C@H]1C. The highest BCUT2D eigenvalue weighted by molar-refractivity contribution is 5.95. The summed E-state index contributed by atoms with van der Waals surface area (Å²) in [6, 6.07) is 6.90. The first-order valence-electron chi connectivity index (χ1n) is 12.0. The standard InChI is InChI=1S/C25H37N5O4/c1-6-12-26-24(32)30-14-13-29(15-18(30)4)16-20-21(23(31)34-7-2)22(27-25(33)28(20)5)19-10-8-17(3)9-11-19/h8-11,18,22H,6-7,12-16H2,1-5H3,(H,26,32)(H,27,33)/t18-,22+/m1/s1. The third-order valence-electron chi connectivity index (χ3n) is 6.36. The van der Waals surface area contributed by atoms with Crippen molar-refractivity contribution in [2.45, 2.75) is 46.2 Å². The van der Waals surface area contributed by atoms with Crippen LogP contribution in [0.3, 0.4) is 0 Å². The fourth-order valence-electron chi connectivity index (χ4n) is 4.43. The maximum absolute atomic E-state index is 13.1. The van der Waals surface area contributed by atoms with Crippen LogP contribution in [-0.2, 0) is 9.53 Å². The monoisotopic (exact) mass is 471 g/mol. The van der Waals surface area contributed by atoms with Crippen LogP contribution in [0.4, 0.5) is 9.59 Å². The van der Waals surface area contributed by atoms with Gasteiger partial charge in [0.05, 0.1) is 18.2 Å². The maximum atomic E-state index is 13.1. The van der Waals surface area contributed by atoms with Gasteiger partial charge in [0.2, 0.25) is 0 Å². The summed E-state index contributed by atoms with van der Waals surface area (Å²) in [7, 11) is 1.67. The van der Waals surface area contributed by atoms with E-state index in [2.05, 4.69) is 15.5 Å². The van der Waals surface area contributed by atoms with Crippen LogP contribution in [0.25, 0.3) is 0 Å². The predicted octanol–water partition coefficient (Wildman–Crippen LogP) is 2.63. The van der Waals surface area contributed by atoms with Crippen molar-refractivity contribution in [3.05, 3.63) is 46.7 Å². The lowest BCUT2D eigenvalue weighted by Gasteiger charge is -2.42. The molecule has 9 heteroatoms. The second kappa shape index (κ2) is 11.4. The number of carbonyl (C=O) groups excluding carboxylic acids is 3. The number of amides is 4. The molecule has 3 rings (SSSR count). The second-order valence-corrected chi connectivity index (χ2v) is 8.94. The lowest BCUT2D eigenvalue weighted by molar-refractivity contribution is -0.139. The van der Waals surface area contributed by atoms with Crippen molar-refractivity contribution in [3.8, 4) is 0 Å². The number of aryl methyl sites for hydroxylation is 1. The first-order chi connectivity index (χ1) is 16.3. The topological polar surface area (TPSA) is 94.2 Å². The van der Waals surface area contributed by atoms with Crippen LogP contribution in [0.1, 0.15) is 44.4 Å². The summed E-state index contributed by atoms with van der Waals surface area (Å²) in [5.74, 6) is -0.430. The van der Waals surface area contributed by atoms with Crippen LogP contribution in [-0.4, -0.2) is 85.2 Å². The first-order valence-corrected chi connectivity index (χ1v) is 12.0. The van der Waals surface area contributed by atoms with Crippen LogP contribution in [0, 0.1) is 6.92 Å². The number of esters is 1. The molecule has 1 fully saturated rings. The molecule has 2 aliphatic heterocycles. The number of nitrogens with zero attached hydrogens (tertiary/aromatic N) is 3. The highest BCUT2D eigenvalue weighted by Gasteiger charge is 2.38. The van der Waals surface area contributed by atoms with Gasteiger partial charge in [-0.05, 0) is 32.8 Å². The van der Waals surface area contributed by atoms with Crippen LogP contribution in [0.15, 0.2) is 35.5 Å². The van der Waals surface area contributed by atoms with E-state index in [0.717, 1.165) is 17.5 Å². The smallest absolute Gasteiger partial charge is 0.338 e. The Balaban J connectivity index is 1.88. The molecule has 0 unspecified atom stereocenters. The third-order valence-corrected chi connectivity index (χ3v) is 6.36. The Morgan fingerprint density at radius 2 is 1.88 bits per heavy atom. The average Bonchev–Trinajstić information content (AvgIpc) is 2.81. The zero-order valence-electron chi connectivity index (χ0n) is 20.9. The van der Waals surface area contributed by atoms with E-state index in [0.29, 0.717) is 44.0 Å². The van der Waals surface area contributed by atoms with E-state index in [4.69, 9.17) is 4.74 Å². The van der Waals surface area contributed by atoms with Crippen molar-refractivity contribution in [1.82, 2.24) is 25.3 Å². The zero-order valence-corrected chi connectivity index (χ0v) is 20.9. The average molecular weight is 472 g/mol. The van der Waals surface area contributed by atoms with E-state index in [1.165, 1.54) is 4.90 Å². The van der Waals surface area contributed by atoms with Gasteiger partial charge >= 0.3 is 18.0 Å². The van der Waals surface area contributed by atoms with Crippen molar-refractivity contribution in [1.29, 1.82) is 0 Å². The Bertz CT molecular complexity index is 930. The number of likely N-dealkylation sites (N-methyl/N-ethyl adjacent to an activating group) is 1. The van der Waals surface area contributed by atoms with Crippen molar-refractivity contribution < 1.29 is 19.1 Å². The maximum Gasteiger partial charge on any atom is 0.338 e. The molecule has 186 valence electrons. The third kappa shape index (κ3) is 5.70. The summed E-state index contributed by atoms with van der Waals surface area (Å²) in [4.78, 5) is 44.0. The summed E-state index contributed by atoms with van der Waals surface area (Å²) in [6.45, 7) is 11.0. The minimum absolute atomic E-state index is 0.00729. The van der Waals surface area contributed by atoms with Gasteiger partial charge < -0.3 is 20.3 Å². The predicted molar refractivity (Wildman–Crippen MR) is 130 cm³/mol. The zero-order chi connectivity index (χ0) is 24.8. The molecule has 1 saturated heterocycles. The molecular formula is C25H37N5O4. The van der Waals surface area contributed by atoms with Crippen LogP contribution < -0.4 is 10.6 Å². The van der Waals surface area contributed by atoms with Crippen molar-refractivity contribution in [2.75, 3.05) is 46.4 Å². The Hall–Kier alpha value is -3.07. The summed E-state index contributed by atoms with van der Waals surface area (Å²) in [5, 5.41) is 5.90. The molecule has 0 saturated carbocycles. The number of carbonyl (C=O) groups is 3. The van der Waals surface area contributed by atoms with Gasteiger partial charge in [-0.1, -0.05) is 36.8 Å². The lowest BCUT2D eigenvalue weighted by Crippen LogP contribution is -2.58. The summed E-state index contributed by atoms with van der Waals surface area (Å²) >= 11 is 0. The van der Waals surface area contributed by atoms with E-state index in [1.807, 2.05) is 49.9 Å². The number of rotatable bonds is 7. The Labute approximate surface area is 202 Å². The minimum atomic E-state index is -0.586. The number of ether oxygens (including phenoxy) is 1. The normalized spacial score (nSPS) is 21.4. The molecule has 4 amide bonds. The molecule has 0 bridgehead atoms. The van der Waals surface area contributed by atoms with Gasteiger partial charge in [0.15, 0.2) is 0 Å². The van der Waals surface area contributed by atoms with E-state index >= 15 is 0 Å². The highest BCUT2D eigenvalue weighted by atomic mass is 16.5. The van der Waals surface area contributed by atoms with Gasteiger partial charge in [0.25, 0.3) is 0 Å². The molecule has 34 heavy (non-hydrogen) atoms. The van der Waals surface area contributed by atoms with Gasteiger partial charge in [-0.3, -0.25) is 9.80 Å².